The highest BCUT2D eigenvalue weighted by Gasteiger charge is 2.03. The number of carbonyl (C=O) groups excluding carboxylic acids is 1. The normalized spacial score (nSPS) is 21.5. The molecule has 0 radical (unpaired) electrons. The molecule has 0 aromatic heterocycles. The molecule has 0 unspecified atom stereocenters. The molecule has 0 aliphatic carbocycles. The van der Waals surface area contributed by atoms with Crippen LogP contribution in [-0.4, -0.2) is 11.6 Å². The van der Waals surface area contributed by atoms with Gasteiger partial charge in [-0.15, -0.1) is 0 Å². The van der Waals surface area contributed by atoms with E-state index in [0.717, 1.165) is 18.6 Å². The first-order chi connectivity index (χ1) is 5.29. The Morgan fingerprint density at radius 2 is 1.73 bits per heavy atom. The number of hydrogen-bond acceptors (Lipinski definition) is 1. The van der Waals surface area contributed by atoms with E-state index in [1.165, 1.54) is 19.3 Å². The Balaban J connectivity index is 2.50. The minimum Gasteiger partial charge on any atom is -0.273 e. The zero-order valence-electron chi connectivity index (χ0n) is 7.10. The highest BCUT2D eigenvalue weighted by Crippen LogP contribution is 2.09. The summed E-state index contributed by atoms with van der Waals surface area (Å²) >= 11 is 0. The van der Waals surface area contributed by atoms with Gasteiger partial charge in [-0.1, -0.05) is 12.8 Å². The summed E-state index contributed by atoms with van der Waals surface area (Å²) < 4.78 is 0. The summed E-state index contributed by atoms with van der Waals surface area (Å²) in [6, 6.07) is 0. The van der Waals surface area contributed by atoms with E-state index in [1.807, 2.05) is 6.92 Å². The van der Waals surface area contributed by atoms with Crippen LogP contribution in [0, 0.1) is 0 Å². The molecule has 1 amide bonds. The van der Waals surface area contributed by atoms with Crippen LogP contribution in [0.4, 0.5) is 0 Å². The van der Waals surface area contributed by atoms with Gasteiger partial charge in [0.15, 0.2) is 0 Å². The summed E-state index contributed by atoms with van der Waals surface area (Å²) in [5.41, 5.74) is 1.01. The standard InChI is InChI=1S/C9H15NO/c1-8-6-4-2-3-5-7-9(11)10-8/h2-7H2,1H3. The number of aliphatic imine (C=N–C) groups is 1. The molecule has 1 aliphatic rings. The molecule has 2 nitrogen and oxygen atoms in total. The van der Waals surface area contributed by atoms with Gasteiger partial charge in [0.25, 0.3) is 0 Å². The summed E-state index contributed by atoms with van der Waals surface area (Å²) in [5.74, 6) is 0.0735. The minimum atomic E-state index is 0.0735. The van der Waals surface area contributed by atoms with E-state index < -0.39 is 0 Å². The predicted molar refractivity (Wildman–Crippen MR) is 45.8 cm³/mol. The Labute approximate surface area is 67.7 Å². The monoisotopic (exact) mass is 153 g/mol. The van der Waals surface area contributed by atoms with Crippen LogP contribution in [0.1, 0.15) is 45.4 Å². The largest absolute Gasteiger partial charge is 0.273 e. The van der Waals surface area contributed by atoms with Crippen molar-refractivity contribution in [1.29, 1.82) is 0 Å². The Bertz CT molecular complexity index is 172. The van der Waals surface area contributed by atoms with E-state index in [9.17, 15) is 4.79 Å². The van der Waals surface area contributed by atoms with Gasteiger partial charge >= 0.3 is 0 Å². The van der Waals surface area contributed by atoms with Gasteiger partial charge in [-0.05, 0) is 26.2 Å². The van der Waals surface area contributed by atoms with Crippen molar-refractivity contribution in [3.63, 3.8) is 0 Å². The first-order valence-corrected chi connectivity index (χ1v) is 4.36. The lowest BCUT2D eigenvalue weighted by atomic mass is 10.1. The van der Waals surface area contributed by atoms with Gasteiger partial charge in [0, 0.05) is 12.1 Å². The van der Waals surface area contributed by atoms with Crippen molar-refractivity contribution in [2.75, 3.05) is 0 Å². The van der Waals surface area contributed by atoms with E-state index in [1.54, 1.807) is 0 Å². The van der Waals surface area contributed by atoms with Crippen molar-refractivity contribution < 1.29 is 4.79 Å². The number of carbonyl (C=O) groups is 1. The van der Waals surface area contributed by atoms with Crippen molar-refractivity contribution in [1.82, 2.24) is 0 Å². The van der Waals surface area contributed by atoms with E-state index in [0.29, 0.717) is 6.42 Å². The third-order valence-electron chi connectivity index (χ3n) is 1.99. The Morgan fingerprint density at radius 1 is 1.09 bits per heavy atom. The molecule has 0 N–H and O–H groups in total. The smallest absolute Gasteiger partial charge is 0.245 e. The van der Waals surface area contributed by atoms with E-state index >= 15 is 0 Å². The van der Waals surface area contributed by atoms with Gasteiger partial charge in [0.05, 0.1) is 0 Å². The highest BCUT2D eigenvalue weighted by atomic mass is 16.1. The molecular formula is C9H15NO. The lowest BCUT2D eigenvalue weighted by Gasteiger charge is -1.95. The Morgan fingerprint density at radius 3 is 2.45 bits per heavy atom. The second kappa shape index (κ2) is 4.27. The topological polar surface area (TPSA) is 29.4 Å². The fourth-order valence-corrected chi connectivity index (χ4v) is 1.34. The molecule has 0 atom stereocenters. The first kappa shape index (κ1) is 8.44. The number of hydrogen-bond donors (Lipinski definition) is 0. The molecule has 0 bridgehead atoms. The second-order valence-corrected chi connectivity index (χ2v) is 3.16. The molecule has 0 fully saturated rings. The van der Waals surface area contributed by atoms with Gasteiger partial charge in [-0.3, -0.25) is 4.79 Å². The molecule has 0 aromatic carbocycles. The number of rotatable bonds is 0. The van der Waals surface area contributed by atoms with Crippen LogP contribution in [-0.2, 0) is 4.79 Å². The van der Waals surface area contributed by atoms with Crippen LogP contribution in [0.25, 0.3) is 0 Å². The van der Waals surface area contributed by atoms with Crippen LogP contribution >= 0.6 is 0 Å². The zero-order valence-corrected chi connectivity index (χ0v) is 7.10. The van der Waals surface area contributed by atoms with E-state index in [4.69, 9.17) is 0 Å². The maximum atomic E-state index is 11.0. The molecule has 1 aliphatic heterocycles. The second-order valence-electron chi connectivity index (χ2n) is 3.16. The van der Waals surface area contributed by atoms with E-state index in [2.05, 4.69) is 4.99 Å². The van der Waals surface area contributed by atoms with Gasteiger partial charge in [-0.2, -0.15) is 0 Å². The van der Waals surface area contributed by atoms with Crippen molar-refractivity contribution in [3.8, 4) is 0 Å². The fraction of sp³-hybridized carbons (Fsp3) is 0.778. The summed E-state index contributed by atoms with van der Waals surface area (Å²) in [7, 11) is 0. The van der Waals surface area contributed by atoms with Crippen molar-refractivity contribution in [3.05, 3.63) is 0 Å². The molecule has 0 aromatic rings. The SMILES string of the molecule is CC1=NC(=O)CCCCCC1. The fourth-order valence-electron chi connectivity index (χ4n) is 1.34. The summed E-state index contributed by atoms with van der Waals surface area (Å²) in [5, 5.41) is 0. The summed E-state index contributed by atoms with van der Waals surface area (Å²) in [6.07, 6.45) is 6.32. The van der Waals surface area contributed by atoms with Crippen LogP contribution in [0.15, 0.2) is 4.99 Å². The predicted octanol–water partition coefficient (Wildman–Crippen LogP) is 2.33. The molecule has 0 saturated carbocycles. The molecule has 1 heterocycles. The maximum Gasteiger partial charge on any atom is 0.245 e. The number of nitrogens with zero attached hydrogens (tertiary/aromatic N) is 1. The third-order valence-corrected chi connectivity index (χ3v) is 1.99. The first-order valence-electron chi connectivity index (χ1n) is 4.36. The number of amides is 1. The van der Waals surface area contributed by atoms with Gasteiger partial charge in [-0.25, -0.2) is 4.99 Å². The molecule has 0 spiro atoms. The van der Waals surface area contributed by atoms with Crippen LogP contribution in [0.2, 0.25) is 0 Å². The van der Waals surface area contributed by atoms with Gasteiger partial charge in [0.1, 0.15) is 0 Å². The Hall–Kier alpha value is -0.660. The molecule has 1 rings (SSSR count). The summed E-state index contributed by atoms with van der Waals surface area (Å²) in [4.78, 5) is 15.0. The van der Waals surface area contributed by atoms with Gasteiger partial charge < -0.3 is 0 Å². The van der Waals surface area contributed by atoms with Crippen LogP contribution < -0.4 is 0 Å². The Kier molecular flexibility index (Phi) is 3.27. The molecule has 62 valence electrons. The van der Waals surface area contributed by atoms with Crippen LogP contribution in [0.5, 0.6) is 0 Å². The summed E-state index contributed by atoms with van der Waals surface area (Å²) in [6.45, 7) is 1.95. The van der Waals surface area contributed by atoms with Gasteiger partial charge in [0.2, 0.25) is 5.91 Å². The third kappa shape index (κ3) is 3.30. The average molecular weight is 153 g/mol. The molecular weight excluding hydrogens is 138 g/mol. The van der Waals surface area contributed by atoms with E-state index in [-0.39, 0.29) is 5.91 Å². The molecule has 11 heavy (non-hydrogen) atoms. The lowest BCUT2D eigenvalue weighted by Crippen LogP contribution is -1.97. The van der Waals surface area contributed by atoms with Crippen molar-refractivity contribution >= 4 is 11.6 Å². The maximum absolute atomic E-state index is 11.0. The van der Waals surface area contributed by atoms with Crippen LogP contribution in [0.3, 0.4) is 0 Å². The lowest BCUT2D eigenvalue weighted by molar-refractivity contribution is -0.117. The molecule has 2 heteroatoms. The zero-order chi connectivity index (χ0) is 8.10. The minimum absolute atomic E-state index is 0.0735. The van der Waals surface area contributed by atoms with Crippen molar-refractivity contribution in [2.24, 2.45) is 4.99 Å². The molecule has 0 saturated heterocycles. The quantitative estimate of drug-likeness (QED) is 0.525. The van der Waals surface area contributed by atoms with Crippen molar-refractivity contribution in [2.45, 2.75) is 45.4 Å². The average Bonchev–Trinajstić information content (AvgIpc) is 2.02. The highest BCUT2D eigenvalue weighted by molar-refractivity contribution is 5.94.